The summed E-state index contributed by atoms with van der Waals surface area (Å²) in [5.41, 5.74) is 2.20. The number of carbonyl (C=O) groups excluding carboxylic acids is 2. The van der Waals surface area contributed by atoms with Crippen LogP contribution in [0.5, 0.6) is 0 Å². The molecular formula is C17H13ClN2O2. The summed E-state index contributed by atoms with van der Waals surface area (Å²) in [4.78, 5) is 26.0. The summed E-state index contributed by atoms with van der Waals surface area (Å²) in [6.45, 7) is 0. The summed E-state index contributed by atoms with van der Waals surface area (Å²) in [6.07, 6.45) is 0. The fourth-order valence-corrected chi connectivity index (χ4v) is 2.56. The van der Waals surface area contributed by atoms with Gasteiger partial charge in [0.25, 0.3) is 11.8 Å². The van der Waals surface area contributed by atoms with E-state index in [9.17, 15) is 9.59 Å². The number of nitrogens with one attached hydrogen (secondary N) is 1. The highest BCUT2D eigenvalue weighted by Gasteiger charge is 2.33. The normalized spacial score (nSPS) is 14.3. The zero-order valence-corrected chi connectivity index (χ0v) is 12.6. The first-order chi connectivity index (χ1) is 10.6. The lowest BCUT2D eigenvalue weighted by Crippen LogP contribution is -2.28. The van der Waals surface area contributed by atoms with E-state index >= 15 is 0 Å². The maximum absolute atomic E-state index is 12.2. The van der Waals surface area contributed by atoms with Gasteiger partial charge in [-0.05, 0) is 29.8 Å². The first kappa shape index (κ1) is 14.4. The summed E-state index contributed by atoms with van der Waals surface area (Å²) in [5, 5.41) is 2.97. The van der Waals surface area contributed by atoms with Gasteiger partial charge in [-0.15, -0.1) is 0 Å². The SMILES string of the molecule is CN(C1=C(c2ccccc2)C(=O)NC1=O)c1ccc(Cl)cc1. The number of nitrogens with zero attached hydrogens (tertiary/aromatic N) is 1. The highest BCUT2D eigenvalue weighted by Crippen LogP contribution is 2.29. The van der Waals surface area contributed by atoms with Crippen molar-refractivity contribution < 1.29 is 9.59 Å². The maximum Gasteiger partial charge on any atom is 0.275 e. The fraction of sp³-hybridized carbons (Fsp3) is 0.0588. The van der Waals surface area contributed by atoms with E-state index < -0.39 is 5.91 Å². The van der Waals surface area contributed by atoms with Crippen molar-refractivity contribution in [3.63, 3.8) is 0 Å². The van der Waals surface area contributed by atoms with Crippen molar-refractivity contribution >= 4 is 34.7 Å². The van der Waals surface area contributed by atoms with Crippen molar-refractivity contribution in [3.05, 3.63) is 70.9 Å². The van der Waals surface area contributed by atoms with Crippen LogP contribution in [0, 0.1) is 0 Å². The van der Waals surface area contributed by atoms with Crippen molar-refractivity contribution in [3.8, 4) is 0 Å². The second kappa shape index (κ2) is 5.66. The van der Waals surface area contributed by atoms with Gasteiger partial charge in [0, 0.05) is 17.8 Å². The molecule has 2 amide bonds. The topological polar surface area (TPSA) is 49.4 Å². The van der Waals surface area contributed by atoms with Crippen molar-refractivity contribution in [2.24, 2.45) is 0 Å². The van der Waals surface area contributed by atoms with Crippen LogP contribution in [0.4, 0.5) is 5.69 Å². The predicted molar refractivity (Wildman–Crippen MR) is 86.4 cm³/mol. The summed E-state index contributed by atoms with van der Waals surface area (Å²) < 4.78 is 0. The van der Waals surface area contributed by atoms with Crippen molar-refractivity contribution in [1.29, 1.82) is 0 Å². The van der Waals surface area contributed by atoms with E-state index in [1.807, 2.05) is 30.3 Å². The Bertz CT molecular complexity index is 767. The lowest BCUT2D eigenvalue weighted by molar-refractivity contribution is -0.123. The monoisotopic (exact) mass is 312 g/mol. The average Bonchev–Trinajstić information content (AvgIpc) is 2.82. The van der Waals surface area contributed by atoms with E-state index in [-0.39, 0.29) is 5.91 Å². The third-order valence-electron chi connectivity index (χ3n) is 3.52. The third-order valence-corrected chi connectivity index (χ3v) is 3.77. The number of anilines is 1. The molecule has 0 bridgehead atoms. The highest BCUT2D eigenvalue weighted by molar-refractivity contribution is 6.37. The van der Waals surface area contributed by atoms with Crippen LogP contribution in [0.1, 0.15) is 5.56 Å². The average molecular weight is 313 g/mol. The molecule has 2 aromatic rings. The molecule has 4 nitrogen and oxygen atoms in total. The van der Waals surface area contributed by atoms with Crippen LogP contribution in [-0.4, -0.2) is 18.9 Å². The second-order valence-electron chi connectivity index (χ2n) is 4.91. The number of hydrogen-bond donors (Lipinski definition) is 1. The van der Waals surface area contributed by atoms with Crippen LogP contribution in [0.2, 0.25) is 5.02 Å². The van der Waals surface area contributed by atoms with E-state index in [4.69, 9.17) is 11.6 Å². The molecule has 1 aliphatic rings. The van der Waals surface area contributed by atoms with Gasteiger partial charge in [-0.2, -0.15) is 0 Å². The van der Waals surface area contributed by atoms with Gasteiger partial charge in [-0.1, -0.05) is 41.9 Å². The standard InChI is InChI=1S/C17H13ClN2O2/c1-20(13-9-7-12(18)8-10-13)15-14(16(21)19-17(15)22)11-5-3-2-4-6-11/h2-10H,1H3,(H,19,21,22). The van der Waals surface area contributed by atoms with E-state index in [1.54, 1.807) is 36.2 Å². The Morgan fingerprint density at radius 3 is 2.18 bits per heavy atom. The number of imide groups is 1. The minimum atomic E-state index is -0.402. The molecule has 1 heterocycles. The minimum Gasteiger partial charge on any atom is -0.339 e. The van der Waals surface area contributed by atoms with Crippen molar-refractivity contribution in [2.45, 2.75) is 0 Å². The van der Waals surface area contributed by atoms with Crippen molar-refractivity contribution in [1.82, 2.24) is 5.32 Å². The second-order valence-corrected chi connectivity index (χ2v) is 5.34. The van der Waals surface area contributed by atoms with E-state index in [0.29, 0.717) is 21.9 Å². The lowest BCUT2D eigenvalue weighted by Gasteiger charge is -2.20. The van der Waals surface area contributed by atoms with E-state index in [0.717, 1.165) is 5.69 Å². The molecule has 0 radical (unpaired) electrons. The lowest BCUT2D eigenvalue weighted by atomic mass is 10.0. The third kappa shape index (κ3) is 2.49. The number of likely N-dealkylation sites (N-methyl/N-ethyl adjacent to an activating group) is 1. The van der Waals surface area contributed by atoms with Crippen LogP contribution in [0.3, 0.4) is 0 Å². The quantitative estimate of drug-likeness (QED) is 0.887. The molecule has 2 aromatic carbocycles. The Balaban J connectivity index is 2.11. The molecule has 0 fully saturated rings. The molecule has 0 aromatic heterocycles. The van der Waals surface area contributed by atoms with Crippen LogP contribution in [-0.2, 0) is 9.59 Å². The Kier molecular flexibility index (Phi) is 3.69. The molecule has 0 spiro atoms. The molecule has 0 aliphatic carbocycles. The number of carbonyl (C=O) groups is 2. The zero-order valence-electron chi connectivity index (χ0n) is 11.8. The minimum absolute atomic E-state index is 0.332. The smallest absolute Gasteiger partial charge is 0.275 e. The molecule has 3 rings (SSSR count). The Labute approximate surface area is 133 Å². The highest BCUT2D eigenvalue weighted by atomic mass is 35.5. The Morgan fingerprint density at radius 1 is 0.909 bits per heavy atom. The number of amides is 2. The summed E-state index contributed by atoms with van der Waals surface area (Å²) in [7, 11) is 1.75. The molecule has 1 N–H and O–H groups in total. The molecule has 0 unspecified atom stereocenters. The van der Waals surface area contributed by atoms with Gasteiger partial charge in [0.2, 0.25) is 0 Å². The summed E-state index contributed by atoms with van der Waals surface area (Å²) in [6, 6.07) is 16.2. The van der Waals surface area contributed by atoms with Gasteiger partial charge in [0.1, 0.15) is 5.70 Å². The maximum atomic E-state index is 12.2. The number of rotatable bonds is 3. The molecule has 1 aliphatic heterocycles. The van der Waals surface area contributed by atoms with Gasteiger partial charge in [-0.25, -0.2) is 0 Å². The van der Waals surface area contributed by atoms with Gasteiger partial charge >= 0.3 is 0 Å². The van der Waals surface area contributed by atoms with E-state index in [1.165, 1.54) is 0 Å². The molecule has 5 heteroatoms. The molecule has 22 heavy (non-hydrogen) atoms. The molecule has 0 saturated carbocycles. The Morgan fingerprint density at radius 2 is 1.55 bits per heavy atom. The molecule has 110 valence electrons. The van der Waals surface area contributed by atoms with Gasteiger partial charge in [0.05, 0.1) is 5.57 Å². The zero-order chi connectivity index (χ0) is 15.7. The van der Waals surface area contributed by atoms with Gasteiger partial charge < -0.3 is 4.90 Å². The van der Waals surface area contributed by atoms with Crippen LogP contribution in [0.15, 0.2) is 60.3 Å². The van der Waals surface area contributed by atoms with Crippen molar-refractivity contribution in [2.75, 3.05) is 11.9 Å². The predicted octanol–water partition coefficient (Wildman–Crippen LogP) is 2.84. The molecule has 0 saturated heterocycles. The van der Waals surface area contributed by atoms with Gasteiger partial charge in [0.15, 0.2) is 0 Å². The van der Waals surface area contributed by atoms with Gasteiger partial charge in [-0.3, -0.25) is 14.9 Å². The first-order valence-electron chi connectivity index (χ1n) is 6.72. The number of benzene rings is 2. The first-order valence-corrected chi connectivity index (χ1v) is 7.10. The van der Waals surface area contributed by atoms with E-state index in [2.05, 4.69) is 5.32 Å². The van der Waals surface area contributed by atoms with Crippen LogP contribution < -0.4 is 10.2 Å². The molecular weight excluding hydrogens is 300 g/mol. The summed E-state index contributed by atoms with van der Waals surface area (Å²) in [5.74, 6) is -0.784. The largest absolute Gasteiger partial charge is 0.339 e. The number of hydrogen-bond acceptors (Lipinski definition) is 3. The van der Waals surface area contributed by atoms with Crippen LogP contribution in [0.25, 0.3) is 5.57 Å². The number of halogens is 1. The molecule has 0 atom stereocenters. The summed E-state index contributed by atoms with van der Waals surface area (Å²) >= 11 is 5.89. The Hall–Kier alpha value is -2.59. The van der Waals surface area contributed by atoms with Crippen LogP contribution >= 0.6 is 11.6 Å². The fourth-order valence-electron chi connectivity index (χ4n) is 2.43.